The van der Waals surface area contributed by atoms with Gasteiger partial charge in [0, 0.05) is 0 Å². The molecule has 0 saturated carbocycles. The molecule has 2 aromatic carbocycles. The van der Waals surface area contributed by atoms with E-state index in [4.69, 9.17) is 0 Å². The molecule has 0 aliphatic carbocycles. The Kier molecular flexibility index (Phi) is 5.38. The molecule has 3 aromatic rings. The molecule has 1 heterocycles. The van der Waals surface area contributed by atoms with Gasteiger partial charge in [-0.15, -0.1) is 20.5 Å². The fourth-order valence-corrected chi connectivity index (χ4v) is 3.45. The zero-order valence-corrected chi connectivity index (χ0v) is 16.6. The van der Waals surface area contributed by atoms with Crippen LogP contribution in [0.1, 0.15) is 27.8 Å². The van der Waals surface area contributed by atoms with Crippen molar-refractivity contribution in [2.24, 2.45) is 20.5 Å². The lowest BCUT2D eigenvalue weighted by Crippen LogP contribution is -1.76. The van der Waals surface area contributed by atoms with Gasteiger partial charge in [-0.1, -0.05) is 46.7 Å². The number of aryl methyl sites for hydroxylation is 3. The highest BCUT2D eigenvalue weighted by Crippen LogP contribution is 2.41. The number of rotatable bonds is 4. The minimum absolute atomic E-state index is 0.847. The van der Waals surface area contributed by atoms with Crippen LogP contribution in [0, 0.1) is 34.6 Å². The Morgan fingerprint density at radius 3 is 1.81 bits per heavy atom. The van der Waals surface area contributed by atoms with Gasteiger partial charge in [0.15, 0.2) is 0 Å². The van der Waals surface area contributed by atoms with Gasteiger partial charge in [0.1, 0.15) is 10.0 Å². The summed E-state index contributed by atoms with van der Waals surface area (Å²) in [4.78, 5) is 0. The van der Waals surface area contributed by atoms with Crippen LogP contribution in [0.4, 0.5) is 21.4 Å². The Hall–Kier alpha value is -2.66. The van der Waals surface area contributed by atoms with Crippen molar-refractivity contribution in [3.63, 3.8) is 0 Å². The molecule has 5 heteroatoms. The lowest BCUT2D eigenvalue weighted by Gasteiger charge is -1.99. The van der Waals surface area contributed by atoms with Crippen LogP contribution in [-0.4, -0.2) is 0 Å². The molecule has 0 fully saturated rings. The highest BCUT2D eigenvalue weighted by molar-refractivity contribution is 7.19. The van der Waals surface area contributed by atoms with Crippen molar-refractivity contribution in [1.29, 1.82) is 0 Å². The third-order valence-corrected chi connectivity index (χ3v) is 5.45. The van der Waals surface area contributed by atoms with E-state index in [1.54, 1.807) is 0 Å². The van der Waals surface area contributed by atoms with Crippen molar-refractivity contribution in [2.45, 2.75) is 34.6 Å². The molecule has 0 aliphatic rings. The fourth-order valence-electron chi connectivity index (χ4n) is 2.49. The van der Waals surface area contributed by atoms with Crippen LogP contribution < -0.4 is 0 Å². The van der Waals surface area contributed by atoms with E-state index < -0.39 is 0 Å². The third-order valence-electron chi connectivity index (χ3n) is 4.29. The predicted octanol–water partition coefficient (Wildman–Crippen LogP) is 8.12. The Labute approximate surface area is 158 Å². The summed E-state index contributed by atoms with van der Waals surface area (Å²) in [6.45, 7) is 10.3. The fraction of sp³-hybridized carbons (Fsp3) is 0.238. The van der Waals surface area contributed by atoms with Gasteiger partial charge in [0.25, 0.3) is 0 Å². The zero-order valence-electron chi connectivity index (χ0n) is 15.7. The summed E-state index contributed by atoms with van der Waals surface area (Å²) in [5.41, 5.74) is 7.49. The Morgan fingerprint density at radius 2 is 1.19 bits per heavy atom. The van der Waals surface area contributed by atoms with Crippen LogP contribution in [0.2, 0.25) is 0 Å². The summed E-state index contributed by atoms with van der Waals surface area (Å²) in [5.74, 6) is 0. The van der Waals surface area contributed by atoms with Gasteiger partial charge in [-0.25, -0.2) is 0 Å². The van der Waals surface area contributed by atoms with Crippen LogP contribution in [0.5, 0.6) is 0 Å². The number of hydrogen-bond donors (Lipinski definition) is 0. The van der Waals surface area contributed by atoms with Gasteiger partial charge in [-0.2, -0.15) is 0 Å². The lowest BCUT2D eigenvalue weighted by molar-refractivity contribution is 1.20. The summed E-state index contributed by atoms with van der Waals surface area (Å²) in [7, 11) is 0. The Bertz CT molecular complexity index is 982. The number of benzene rings is 2. The molecule has 26 heavy (non-hydrogen) atoms. The van der Waals surface area contributed by atoms with Crippen LogP contribution >= 0.6 is 11.3 Å². The maximum Gasteiger partial charge on any atom is 0.144 e. The first-order valence-corrected chi connectivity index (χ1v) is 9.33. The van der Waals surface area contributed by atoms with E-state index in [1.165, 1.54) is 22.5 Å². The number of thiophene rings is 1. The van der Waals surface area contributed by atoms with E-state index in [2.05, 4.69) is 53.4 Å². The quantitative estimate of drug-likeness (QED) is 0.421. The summed E-state index contributed by atoms with van der Waals surface area (Å²) >= 11 is 1.52. The standard InChI is InChI=1S/C21H22N4S/c1-13-6-9-18(10-7-13)22-24-20-16(4)17(5)21(26-20)25-23-19-11-8-14(2)12-15(19)3/h6-12H,1-5H3. The van der Waals surface area contributed by atoms with Crippen molar-refractivity contribution in [3.05, 3.63) is 70.3 Å². The van der Waals surface area contributed by atoms with Crippen LogP contribution in [-0.2, 0) is 0 Å². The summed E-state index contributed by atoms with van der Waals surface area (Å²) in [6, 6.07) is 14.2. The van der Waals surface area contributed by atoms with Crippen molar-refractivity contribution >= 4 is 32.7 Å². The minimum atomic E-state index is 0.847. The molecule has 0 spiro atoms. The molecule has 0 saturated heterocycles. The highest BCUT2D eigenvalue weighted by atomic mass is 32.1. The molecule has 3 rings (SSSR count). The lowest BCUT2D eigenvalue weighted by atomic mass is 10.1. The average Bonchev–Trinajstić information content (AvgIpc) is 2.88. The number of hydrogen-bond acceptors (Lipinski definition) is 5. The summed E-state index contributed by atoms with van der Waals surface area (Å²) in [5, 5.41) is 19.4. The largest absolute Gasteiger partial charge is 0.150 e. The van der Waals surface area contributed by atoms with Crippen molar-refractivity contribution in [3.8, 4) is 0 Å². The molecule has 0 N–H and O–H groups in total. The Morgan fingerprint density at radius 1 is 0.615 bits per heavy atom. The third kappa shape index (κ3) is 4.11. The molecular formula is C21H22N4S. The molecule has 0 atom stereocenters. The first-order valence-electron chi connectivity index (χ1n) is 8.51. The molecule has 0 unspecified atom stereocenters. The molecule has 0 amide bonds. The predicted molar refractivity (Wildman–Crippen MR) is 109 cm³/mol. The minimum Gasteiger partial charge on any atom is -0.150 e. The van der Waals surface area contributed by atoms with Crippen LogP contribution in [0.15, 0.2) is 62.9 Å². The van der Waals surface area contributed by atoms with Gasteiger partial charge < -0.3 is 0 Å². The van der Waals surface area contributed by atoms with E-state index in [0.717, 1.165) is 38.1 Å². The molecule has 0 aliphatic heterocycles. The highest BCUT2D eigenvalue weighted by Gasteiger charge is 2.11. The van der Waals surface area contributed by atoms with Crippen molar-refractivity contribution in [1.82, 2.24) is 0 Å². The SMILES string of the molecule is Cc1ccc(N=Nc2sc(N=Nc3ccc(C)cc3C)c(C)c2C)cc1. The Balaban J connectivity index is 1.85. The van der Waals surface area contributed by atoms with Gasteiger partial charge in [0.2, 0.25) is 0 Å². The second-order valence-electron chi connectivity index (χ2n) is 6.49. The molecule has 0 radical (unpaired) electrons. The normalized spacial score (nSPS) is 11.7. The number of azo groups is 2. The van der Waals surface area contributed by atoms with Crippen LogP contribution in [0.25, 0.3) is 0 Å². The monoisotopic (exact) mass is 362 g/mol. The number of nitrogens with zero attached hydrogens (tertiary/aromatic N) is 4. The van der Waals surface area contributed by atoms with E-state index >= 15 is 0 Å². The molecular weight excluding hydrogens is 340 g/mol. The molecule has 1 aromatic heterocycles. The van der Waals surface area contributed by atoms with Crippen LogP contribution in [0.3, 0.4) is 0 Å². The van der Waals surface area contributed by atoms with E-state index in [-0.39, 0.29) is 0 Å². The van der Waals surface area contributed by atoms with Gasteiger partial charge in [-0.3, -0.25) is 0 Å². The summed E-state index contributed by atoms with van der Waals surface area (Å²) in [6.07, 6.45) is 0. The first-order chi connectivity index (χ1) is 12.4. The van der Waals surface area contributed by atoms with Crippen molar-refractivity contribution < 1.29 is 0 Å². The van der Waals surface area contributed by atoms with Gasteiger partial charge >= 0.3 is 0 Å². The average molecular weight is 363 g/mol. The van der Waals surface area contributed by atoms with Crippen molar-refractivity contribution in [2.75, 3.05) is 0 Å². The molecule has 132 valence electrons. The smallest absolute Gasteiger partial charge is 0.144 e. The topological polar surface area (TPSA) is 49.4 Å². The van der Waals surface area contributed by atoms with E-state index in [9.17, 15) is 0 Å². The zero-order chi connectivity index (χ0) is 18.7. The maximum absolute atomic E-state index is 4.46. The summed E-state index contributed by atoms with van der Waals surface area (Å²) < 4.78 is 0. The second-order valence-corrected chi connectivity index (χ2v) is 7.47. The maximum atomic E-state index is 4.46. The van der Waals surface area contributed by atoms with E-state index in [0.29, 0.717) is 0 Å². The molecule has 0 bridgehead atoms. The first kappa shape index (κ1) is 18.1. The van der Waals surface area contributed by atoms with Gasteiger partial charge in [0.05, 0.1) is 11.4 Å². The molecule has 4 nitrogen and oxygen atoms in total. The second kappa shape index (κ2) is 7.70. The van der Waals surface area contributed by atoms with Gasteiger partial charge in [-0.05, 0) is 69.5 Å². The van der Waals surface area contributed by atoms with E-state index in [1.807, 2.05) is 44.2 Å².